The molecule has 1 aliphatic heterocycles. The number of carbonyl (C=O) groups is 2. The van der Waals surface area contributed by atoms with E-state index in [-0.39, 0.29) is 30.4 Å². The molecule has 4 rings (SSSR count). The lowest BCUT2D eigenvalue weighted by Gasteiger charge is -2.22. The number of ether oxygens (including phenoxy) is 5. The summed E-state index contributed by atoms with van der Waals surface area (Å²) in [5, 5.41) is 0. The topological polar surface area (TPSA) is 80.3 Å². The van der Waals surface area contributed by atoms with Crippen molar-refractivity contribution in [2.24, 2.45) is 5.92 Å². The lowest BCUT2D eigenvalue weighted by molar-refractivity contribution is -0.165. The number of hydrogen-bond acceptors (Lipinski definition) is 7. The van der Waals surface area contributed by atoms with Crippen molar-refractivity contribution in [3.8, 4) is 11.5 Å². The first-order valence-corrected chi connectivity index (χ1v) is 14.1. The van der Waals surface area contributed by atoms with Gasteiger partial charge in [-0.3, -0.25) is 9.59 Å². The van der Waals surface area contributed by atoms with Crippen LogP contribution >= 0.6 is 0 Å². The molecule has 0 radical (unpaired) electrons. The number of rotatable bonds is 12. The number of Topliss-reactive ketones (excluding diaryl/α,β-unsaturated/α-hetero) is 1. The van der Waals surface area contributed by atoms with Crippen LogP contribution < -0.4 is 9.47 Å². The van der Waals surface area contributed by atoms with Gasteiger partial charge in [-0.2, -0.15) is 0 Å². The average molecular weight is 537 g/mol. The highest BCUT2D eigenvalue weighted by molar-refractivity contribution is 6.30. The Bertz CT molecular complexity index is 1150. The Hall–Kier alpha value is -3.16. The molecule has 2 aromatic carbocycles. The van der Waals surface area contributed by atoms with Crippen molar-refractivity contribution in [1.82, 2.24) is 0 Å². The Labute approximate surface area is 231 Å². The fourth-order valence-corrected chi connectivity index (χ4v) is 5.08. The summed E-state index contributed by atoms with van der Waals surface area (Å²) < 4.78 is 28.5. The molecule has 1 heterocycles. The van der Waals surface area contributed by atoms with Gasteiger partial charge >= 0.3 is 5.97 Å². The molecular formula is C32H40O7. The average Bonchev–Trinajstić information content (AvgIpc) is 3.08. The van der Waals surface area contributed by atoms with Gasteiger partial charge in [0.05, 0.1) is 26.2 Å². The molecule has 0 N–H and O–H groups in total. The first-order chi connectivity index (χ1) is 19.0. The van der Waals surface area contributed by atoms with Crippen LogP contribution in [0.3, 0.4) is 0 Å². The van der Waals surface area contributed by atoms with Crippen molar-refractivity contribution in [3.05, 3.63) is 64.7 Å². The number of carbonyl (C=O) groups excluding carboxylic acids is 2. The maximum absolute atomic E-state index is 14.0. The van der Waals surface area contributed by atoms with E-state index in [0.717, 1.165) is 49.0 Å². The van der Waals surface area contributed by atoms with Gasteiger partial charge in [0.1, 0.15) is 18.1 Å². The summed E-state index contributed by atoms with van der Waals surface area (Å²) >= 11 is 0. The second-order valence-electron chi connectivity index (χ2n) is 10.0. The Morgan fingerprint density at radius 1 is 1.00 bits per heavy atom. The Kier molecular flexibility index (Phi) is 10.6. The van der Waals surface area contributed by atoms with Crippen LogP contribution in [0.2, 0.25) is 0 Å². The van der Waals surface area contributed by atoms with Crippen LogP contribution in [0.4, 0.5) is 0 Å². The number of ketones is 1. The first-order valence-electron chi connectivity index (χ1n) is 14.1. The zero-order chi connectivity index (χ0) is 27.6. The third-order valence-electron chi connectivity index (χ3n) is 6.97. The summed E-state index contributed by atoms with van der Waals surface area (Å²) in [7, 11) is 0. The molecule has 1 saturated heterocycles. The third-order valence-corrected chi connectivity index (χ3v) is 6.97. The predicted octanol–water partition coefficient (Wildman–Crippen LogP) is 6.10. The molecule has 7 nitrogen and oxygen atoms in total. The third kappa shape index (κ3) is 7.70. The van der Waals surface area contributed by atoms with Gasteiger partial charge in [0.25, 0.3) is 0 Å². The van der Waals surface area contributed by atoms with Gasteiger partial charge in [-0.15, -0.1) is 0 Å². The maximum Gasteiger partial charge on any atom is 0.306 e. The van der Waals surface area contributed by atoms with E-state index in [0.29, 0.717) is 55.5 Å². The van der Waals surface area contributed by atoms with Gasteiger partial charge in [-0.25, -0.2) is 0 Å². The standard InChI is InChI=1S/C32H40O7/c1-4-15-37-28-14-9-22(3)31-27(28)20-23(21-29(33)35-5-2)19-26(32(31)34)24-10-12-25(13-11-24)36-17-18-39-30-8-6-7-16-38-30/h9-14,19,23,30H,4-8,15-18,20-21H2,1-3H3. The highest BCUT2D eigenvalue weighted by Crippen LogP contribution is 2.37. The summed E-state index contributed by atoms with van der Waals surface area (Å²) in [5.74, 6) is 0.861. The number of aryl methyl sites for hydroxylation is 1. The predicted molar refractivity (Wildman–Crippen MR) is 149 cm³/mol. The van der Waals surface area contributed by atoms with Crippen LogP contribution in [-0.2, 0) is 25.4 Å². The number of benzene rings is 2. The molecule has 2 aromatic rings. The van der Waals surface area contributed by atoms with Gasteiger partial charge in [-0.05, 0) is 81.2 Å². The van der Waals surface area contributed by atoms with Crippen LogP contribution in [0.1, 0.15) is 73.0 Å². The molecule has 0 bridgehead atoms. The summed E-state index contributed by atoms with van der Waals surface area (Å²) in [6.07, 6.45) is 6.50. The lowest BCUT2D eigenvalue weighted by Crippen LogP contribution is -2.24. The van der Waals surface area contributed by atoms with Crippen molar-refractivity contribution >= 4 is 17.3 Å². The molecule has 0 amide bonds. The van der Waals surface area contributed by atoms with E-state index < -0.39 is 0 Å². The van der Waals surface area contributed by atoms with Crippen molar-refractivity contribution in [2.45, 2.75) is 65.6 Å². The van der Waals surface area contributed by atoms with E-state index in [9.17, 15) is 9.59 Å². The molecule has 1 aliphatic carbocycles. The van der Waals surface area contributed by atoms with Crippen LogP contribution in [0, 0.1) is 12.8 Å². The fraction of sp³-hybridized carbons (Fsp3) is 0.500. The Morgan fingerprint density at radius 3 is 2.54 bits per heavy atom. The van der Waals surface area contributed by atoms with E-state index in [2.05, 4.69) is 0 Å². The summed E-state index contributed by atoms with van der Waals surface area (Å²) in [5.41, 5.74) is 3.76. The summed E-state index contributed by atoms with van der Waals surface area (Å²) in [6, 6.07) is 11.4. The number of esters is 1. The van der Waals surface area contributed by atoms with E-state index in [4.69, 9.17) is 23.7 Å². The van der Waals surface area contributed by atoms with Crippen LogP contribution in [0.25, 0.3) is 5.57 Å². The van der Waals surface area contributed by atoms with Gasteiger partial charge < -0.3 is 23.7 Å². The number of fused-ring (bicyclic) bond motifs is 1. The van der Waals surface area contributed by atoms with E-state index in [1.165, 1.54) is 0 Å². The molecule has 210 valence electrons. The monoisotopic (exact) mass is 536 g/mol. The zero-order valence-corrected chi connectivity index (χ0v) is 23.3. The van der Waals surface area contributed by atoms with Crippen LogP contribution in [0.15, 0.2) is 42.5 Å². The molecule has 0 spiro atoms. The van der Waals surface area contributed by atoms with E-state index in [1.807, 2.05) is 56.3 Å². The van der Waals surface area contributed by atoms with Crippen molar-refractivity contribution in [3.63, 3.8) is 0 Å². The van der Waals surface area contributed by atoms with E-state index in [1.54, 1.807) is 6.92 Å². The SMILES string of the molecule is CCCOc1ccc(C)c2c1CC(CC(=O)OCC)C=C(c1ccc(OCCOC3CCCCO3)cc1)C2=O. The van der Waals surface area contributed by atoms with Gasteiger partial charge in [0, 0.05) is 23.3 Å². The number of allylic oxidation sites excluding steroid dienone is 2. The molecule has 1 fully saturated rings. The molecular weight excluding hydrogens is 496 g/mol. The molecule has 0 saturated carbocycles. The molecule has 7 heteroatoms. The minimum atomic E-state index is -0.276. The highest BCUT2D eigenvalue weighted by Gasteiger charge is 2.29. The minimum Gasteiger partial charge on any atom is -0.493 e. The Balaban J connectivity index is 1.54. The largest absolute Gasteiger partial charge is 0.493 e. The van der Waals surface area contributed by atoms with Crippen molar-refractivity contribution < 1.29 is 33.3 Å². The quantitative estimate of drug-likeness (QED) is 0.240. The van der Waals surface area contributed by atoms with E-state index >= 15 is 0 Å². The second-order valence-corrected chi connectivity index (χ2v) is 10.0. The molecule has 2 aliphatic rings. The molecule has 2 unspecified atom stereocenters. The summed E-state index contributed by atoms with van der Waals surface area (Å²) in [4.78, 5) is 26.4. The minimum absolute atomic E-state index is 0.0645. The highest BCUT2D eigenvalue weighted by atomic mass is 16.7. The summed E-state index contributed by atoms with van der Waals surface area (Å²) in [6.45, 7) is 8.28. The van der Waals surface area contributed by atoms with Gasteiger partial charge in [0.2, 0.25) is 0 Å². The van der Waals surface area contributed by atoms with Crippen LogP contribution in [0.5, 0.6) is 11.5 Å². The van der Waals surface area contributed by atoms with Crippen LogP contribution in [-0.4, -0.2) is 51.1 Å². The number of hydrogen-bond donors (Lipinski definition) is 0. The van der Waals surface area contributed by atoms with Gasteiger partial charge in [-0.1, -0.05) is 31.2 Å². The first kappa shape index (κ1) is 28.8. The molecule has 0 aromatic heterocycles. The smallest absolute Gasteiger partial charge is 0.306 e. The molecule has 2 atom stereocenters. The molecule has 39 heavy (non-hydrogen) atoms. The lowest BCUT2D eigenvalue weighted by atomic mass is 9.91. The van der Waals surface area contributed by atoms with Crippen molar-refractivity contribution in [2.75, 3.05) is 33.0 Å². The zero-order valence-electron chi connectivity index (χ0n) is 23.3. The van der Waals surface area contributed by atoms with Gasteiger partial charge in [0.15, 0.2) is 12.1 Å². The normalized spacial score (nSPS) is 19.1. The maximum atomic E-state index is 14.0. The van der Waals surface area contributed by atoms with Crippen molar-refractivity contribution in [1.29, 1.82) is 0 Å². The fourth-order valence-electron chi connectivity index (χ4n) is 5.08. The second kappa shape index (κ2) is 14.3. The Morgan fingerprint density at radius 2 is 1.82 bits per heavy atom.